The first-order valence-electron chi connectivity index (χ1n) is 12.0. The lowest BCUT2D eigenvalue weighted by atomic mass is 10.00. The van der Waals surface area contributed by atoms with E-state index in [1.165, 1.54) is 33.8 Å². The maximum Gasteiger partial charge on any atom is 0.249 e. The van der Waals surface area contributed by atoms with Gasteiger partial charge in [-0.1, -0.05) is 29.5 Å². The molecule has 1 atom stereocenters. The molecule has 0 radical (unpaired) electrons. The molecule has 9 heteroatoms. The van der Waals surface area contributed by atoms with Crippen molar-refractivity contribution < 1.29 is 14.0 Å². The quantitative estimate of drug-likeness (QED) is 0.407. The zero-order valence-corrected chi connectivity index (χ0v) is 21.6. The average molecular weight is 503 g/mol. The van der Waals surface area contributed by atoms with Crippen LogP contribution in [0.4, 0.5) is 15.8 Å². The predicted octanol–water partition coefficient (Wildman–Crippen LogP) is 4.33. The number of carbonyl (C=O) groups is 2. The van der Waals surface area contributed by atoms with E-state index in [0.717, 1.165) is 5.69 Å². The molecule has 0 bridgehead atoms. The van der Waals surface area contributed by atoms with E-state index in [-0.39, 0.29) is 12.5 Å². The van der Waals surface area contributed by atoms with Crippen LogP contribution in [0.25, 0.3) is 11.0 Å². The molecule has 2 amide bonds. The molecule has 1 heterocycles. The number of anilines is 2. The molecule has 192 valence electrons. The van der Waals surface area contributed by atoms with Gasteiger partial charge in [-0.25, -0.2) is 9.07 Å². The Kier molecular flexibility index (Phi) is 7.24. The SMILES string of the molecule is CN(C)c1ccc(C(C(=O)NC(C)(C)C)N(C(=O)Cn2nnc3ccccc32)c2ccc(F)cc2)cc1. The summed E-state index contributed by atoms with van der Waals surface area (Å²) in [5, 5.41) is 11.3. The topological polar surface area (TPSA) is 83.4 Å². The molecule has 1 N–H and O–H groups in total. The summed E-state index contributed by atoms with van der Waals surface area (Å²) in [5.41, 5.74) is 2.77. The van der Waals surface area contributed by atoms with E-state index in [1.54, 1.807) is 0 Å². The van der Waals surface area contributed by atoms with Crippen LogP contribution in [0.1, 0.15) is 32.4 Å². The fourth-order valence-corrected chi connectivity index (χ4v) is 4.09. The van der Waals surface area contributed by atoms with Crippen LogP contribution in [0.15, 0.2) is 72.8 Å². The Labute approximate surface area is 215 Å². The number of para-hydroxylation sites is 1. The van der Waals surface area contributed by atoms with Crippen LogP contribution in [0.3, 0.4) is 0 Å². The van der Waals surface area contributed by atoms with Gasteiger partial charge in [0.15, 0.2) is 0 Å². The molecule has 0 saturated carbocycles. The molecule has 37 heavy (non-hydrogen) atoms. The van der Waals surface area contributed by atoms with Crippen molar-refractivity contribution in [3.8, 4) is 0 Å². The minimum absolute atomic E-state index is 0.160. The predicted molar refractivity (Wildman–Crippen MR) is 143 cm³/mol. The zero-order chi connectivity index (χ0) is 26.7. The molecule has 8 nitrogen and oxygen atoms in total. The van der Waals surface area contributed by atoms with Crippen LogP contribution in [-0.4, -0.2) is 46.4 Å². The van der Waals surface area contributed by atoms with Crippen LogP contribution in [-0.2, 0) is 16.1 Å². The van der Waals surface area contributed by atoms with E-state index < -0.39 is 23.3 Å². The van der Waals surface area contributed by atoms with Crippen molar-refractivity contribution in [1.82, 2.24) is 20.3 Å². The van der Waals surface area contributed by atoms with Gasteiger partial charge < -0.3 is 10.2 Å². The van der Waals surface area contributed by atoms with E-state index in [0.29, 0.717) is 22.3 Å². The first-order chi connectivity index (χ1) is 17.5. The Morgan fingerprint density at radius 3 is 2.19 bits per heavy atom. The Bertz CT molecular complexity index is 1390. The van der Waals surface area contributed by atoms with Crippen molar-refractivity contribution in [3.63, 3.8) is 0 Å². The molecule has 0 spiro atoms. The smallest absolute Gasteiger partial charge is 0.249 e. The van der Waals surface area contributed by atoms with Gasteiger partial charge in [-0.3, -0.25) is 14.5 Å². The van der Waals surface area contributed by atoms with E-state index in [2.05, 4.69) is 15.6 Å². The number of nitrogens with one attached hydrogen (secondary N) is 1. The van der Waals surface area contributed by atoms with Crippen molar-refractivity contribution in [2.24, 2.45) is 0 Å². The minimum atomic E-state index is -1.01. The summed E-state index contributed by atoms with van der Waals surface area (Å²) >= 11 is 0. The fraction of sp³-hybridized carbons (Fsp3) is 0.286. The van der Waals surface area contributed by atoms with Gasteiger partial charge in [0.1, 0.15) is 23.9 Å². The second-order valence-corrected chi connectivity index (χ2v) is 10.1. The van der Waals surface area contributed by atoms with Crippen molar-refractivity contribution in [2.75, 3.05) is 23.9 Å². The van der Waals surface area contributed by atoms with Gasteiger partial charge in [0.2, 0.25) is 11.8 Å². The number of rotatable bonds is 7. The van der Waals surface area contributed by atoms with Crippen LogP contribution in [0, 0.1) is 5.82 Å². The highest BCUT2D eigenvalue weighted by molar-refractivity contribution is 6.01. The van der Waals surface area contributed by atoms with Crippen molar-refractivity contribution in [1.29, 1.82) is 0 Å². The minimum Gasteiger partial charge on any atom is -0.378 e. The number of fused-ring (bicyclic) bond motifs is 1. The number of halogens is 1. The fourth-order valence-electron chi connectivity index (χ4n) is 4.09. The summed E-state index contributed by atoms with van der Waals surface area (Å²) in [7, 11) is 3.85. The molecule has 0 aliphatic rings. The monoisotopic (exact) mass is 502 g/mol. The van der Waals surface area contributed by atoms with Gasteiger partial charge in [0.05, 0.1) is 5.52 Å². The third kappa shape index (κ3) is 5.94. The third-order valence-electron chi connectivity index (χ3n) is 5.81. The van der Waals surface area contributed by atoms with E-state index >= 15 is 0 Å². The largest absolute Gasteiger partial charge is 0.378 e. The lowest BCUT2D eigenvalue weighted by molar-refractivity contribution is -0.128. The number of hydrogen-bond acceptors (Lipinski definition) is 5. The number of amides is 2. The number of aromatic nitrogens is 3. The molecule has 1 unspecified atom stereocenters. The Hall–Kier alpha value is -4.27. The molecule has 0 saturated heterocycles. The van der Waals surface area contributed by atoms with Gasteiger partial charge in [0, 0.05) is 31.0 Å². The van der Waals surface area contributed by atoms with Crippen LogP contribution < -0.4 is 15.1 Å². The number of hydrogen-bond donors (Lipinski definition) is 1. The molecule has 3 aromatic carbocycles. The first-order valence-corrected chi connectivity index (χ1v) is 12.0. The summed E-state index contributed by atoms with van der Waals surface area (Å²) in [6, 6.07) is 19.3. The summed E-state index contributed by atoms with van der Waals surface area (Å²) in [5.74, 6) is -1.19. The van der Waals surface area contributed by atoms with Gasteiger partial charge in [-0.15, -0.1) is 5.10 Å². The number of benzene rings is 3. The van der Waals surface area contributed by atoms with Crippen molar-refractivity contribution in [2.45, 2.75) is 38.9 Å². The van der Waals surface area contributed by atoms with E-state index in [9.17, 15) is 14.0 Å². The van der Waals surface area contributed by atoms with Gasteiger partial charge >= 0.3 is 0 Å². The summed E-state index contributed by atoms with van der Waals surface area (Å²) in [4.78, 5) is 31.1. The molecule has 1 aromatic heterocycles. The molecule has 4 aromatic rings. The van der Waals surface area contributed by atoms with Gasteiger partial charge in [-0.05, 0) is 74.9 Å². The Morgan fingerprint density at radius 2 is 1.57 bits per heavy atom. The summed E-state index contributed by atoms with van der Waals surface area (Å²) in [6.07, 6.45) is 0. The molecule has 0 aliphatic carbocycles. The third-order valence-corrected chi connectivity index (χ3v) is 5.81. The Balaban J connectivity index is 1.81. The zero-order valence-electron chi connectivity index (χ0n) is 21.6. The molecular weight excluding hydrogens is 471 g/mol. The Morgan fingerprint density at radius 1 is 0.946 bits per heavy atom. The van der Waals surface area contributed by atoms with Crippen LogP contribution >= 0.6 is 0 Å². The second-order valence-electron chi connectivity index (χ2n) is 10.1. The first kappa shape index (κ1) is 25.8. The van der Waals surface area contributed by atoms with Crippen molar-refractivity contribution in [3.05, 3.63) is 84.2 Å². The highest BCUT2D eigenvalue weighted by Crippen LogP contribution is 2.30. The van der Waals surface area contributed by atoms with Gasteiger partial charge in [-0.2, -0.15) is 0 Å². The number of nitrogens with zero attached hydrogens (tertiary/aromatic N) is 5. The molecule has 4 rings (SSSR count). The summed E-state index contributed by atoms with van der Waals surface area (Å²) < 4.78 is 15.3. The lowest BCUT2D eigenvalue weighted by Crippen LogP contribution is -2.50. The van der Waals surface area contributed by atoms with Crippen molar-refractivity contribution >= 4 is 34.2 Å². The lowest BCUT2D eigenvalue weighted by Gasteiger charge is -2.34. The maximum absolute atomic E-state index is 14.0. The standard InChI is InChI=1S/C28H31FN6O2/c1-28(2,3)30-27(37)26(19-10-14-21(15-11-19)33(4)5)35(22-16-12-20(29)13-17-22)25(36)18-34-24-9-7-6-8-23(24)31-32-34/h6-17,26H,18H2,1-5H3,(H,30,37). The van der Waals surface area contributed by atoms with E-state index in [4.69, 9.17) is 0 Å². The highest BCUT2D eigenvalue weighted by atomic mass is 19.1. The average Bonchev–Trinajstić information content (AvgIpc) is 3.25. The van der Waals surface area contributed by atoms with Crippen LogP contribution in [0.5, 0.6) is 0 Å². The van der Waals surface area contributed by atoms with Crippen LogP contribution in [0.2, 0.25) is 0 Å². The second kappa shape index (κ2) is 10.4. The summed E-state index contributed by atoms with van der Waals surface area (Å²) in [6.45, 7) is 5.47. The number of carbonyl (C=O) groups excluding carboxylic acids is 2. The molecule has 0 aliphatic heterocycles. The van der Waals surface area contributed by atoms with Gasteiger partial charge in [0.25, 0.3) is 0 Å². The molecular formula is C28H31FN6O2. The maximum atomic E-state index is 14.0. The molecule has 0 fully saturated rings. The van der Waals surface area contributed by atoms with E-state index in [1.807, 2.05) is 88.3 Å². The highest BCUT2D eigenvalue weighted by Gasteiger charge is 2.35. The normalized spacial score (nSPS) is 12.3.